The lowest BCUT2D eigenvalue weighted by atomic mass is 10.1. The molecule has 3 heterocycles. The first-order valence-corrected chi connectivity index (χ1v) is 7.22. The number of aryl methyl sites for hydroxylation is 1. The first-order valence-electron chi connectivity index (χ1n) is 6.84. The minimum Gasteiger partial charge on any atom is -0.365 e. The molecule has 0 aromatic carbocycles. The molecule has 1 aliphatic heterocycles. The molecule has 6 nitrogen and oxygen atoms in total. The molecule has 3 rings (SSSR count). The van der Waals surface area contributed by atoms with E-state index in [1.807, 2.05) is 4.68 Å². The molecule has 2 aromatic rings. The first-order chi connectivity index (χ1) is 10.3. The molecule has 0 radical (unpaired) electrons. The van der Waals surface area contributed by atoms with Crippen molar-refractivity contribution in [1.29, 1.82) is 5.26 Å². The maximum Gasteiger partial charge on any atom is 0.196 e. The third-order valence-electron chi connectivity index (χ3n) is 3.51. The zero-order valence-electron chi connectivity index (χ0n) is 11.5. The van der Waals surface area contributed by atoms with Gasteiger partial charge in [0.1, 0.15) is 22.5 Å². The monoisotopic (exact) mass is 302 g/mol. The summed E-state index contributed by atoms with van der Waals surface area (Å²) >= 11 is 6.46. The molecule has 7 heteroatoms. The number of rotatable bonds is 4. The molecule has 0 spiro atoms. The van der Waals surface area contributed by atoms with Crippen LogP contribution in [-0.2, 0) is 13.0 Å². The van der Waals surface area contributed by atoms with Gasteiger partial charge < -0.3 is 5.32 Å². The Morgan fingerprint density at radius 1 is 1.52 bits per heavy atom. The topological polar surface area (TPSA) is 71.5 Å². The molecule has 1 aliphatic rings. The Morgan fingerprint density at radius 2 is 2.38 bits per heavy atom. The second-order valence-electron chi connectivity index (χ2n) is 4.86. The molecule has 0 aliphatic carbocycles. The van der Waals surface area contributed by atoms with Crippen LogP contribution in [0.3, 0.4) is 0 Å². The van der Waals surface area contributed by atoms with Crippen molar-refractivity contribution in [3.63, 3.8) is 0 Å². The van der Waals surface area contributed by atoms with Crippen molar-refractivity contribution < 1.29 is 0 Å². The van der Waals surface area contributed by atoms with E-state index in [0.717, 1.165) is 31.5 Å². The summed E-state index contributed by atoms with van der Waals surface area (Å²) < 4.78 is 3.53. The highest BCUT2D eigenvalue weighted by Gasteiger charge is 2.23. The van der Waals surface area contributed by atoms with Crippen LogP contribution in [0.4, 0.5) is 5.82 Å². The standard InChI is InChI=1S/C14H15ClN6/c1-2-6-17-13-10(8-16)9-18-21(13)14-12(15)11-5-3-4-7-20(11)19-14/h2,9,17H,1,3-7H2. The van der Waals surface area contributed by atoms with Crippen molar-refractivity contribution in [3.8, 4) is 11.9 Å². The fourth-order valence-electron chi connectivity index (χ4n) is 2.50. The molecule has 0 amide bonds. The Labute approximate surface area is 127 Å². The second-order valence-corrected chi connectivity index (χ2v) is 5.24. The van der Waals surface area contributed by atoms with Gasteiger partial charge in [0.25, 0.3) is 0 Å². The van der Waals surface area contributed by atoms with Crippen LogP contribution in [0, 0.1) is 11.3 Å². The Balaban J connectivity index is 2.08. The van der Waals surface area contributed by atoms with Crippen molar-refractivity contribution in [2.24, 2.45) is 0 Å². The van der Waals surface area contributed by atoms with Crippen molar-refractivity contribution in [2.45, 2.75) is 25.8 Å². The summed E-state index contributed by atoms with van der Waals surface area (Å²) in [5, 5.41) is 21.7. The highest BCUT2D eigenvalue weighted by molar-refractivity contribution is 6.32. The molecule has 0 bridgehead atoms. The van der Waals surface area contributed by atoms with E-state index >= 15 is 0 Å². The van der Waals surface area contributed by atoms with Crippen LogP contribution < -0.4 is 5.32 Å². The molecule has 21 heavy (non-hydrogen) atoms. The third-order valence-corrected chi connectivity index (χ3v) is 3.90. The number of anilines is 1. The normalized spacial score (nSPS) is 13.5. The fraction of sp³-hybridized carbons (Fsp3) is 0.357. The minimum absolute atomic E-state index is 0.457. The molecule has 0 saturated heterocycles. The smallest absolute Gasteiger partial charge is 0.196 e. The number of nitrogens with one attached hydrogen (secondary N) is 1. The summed E-state index contributed by atoms with van der Waals surface area (Å²) in [6.45, 7) is 5.07. The molecular formula is C14H15ClN6. The molecule has 2 aromatic heterocycles. The number of nitriles is 1. The average Bonchev–Trinajstić information content (AvgIpc) is 3.06. The maximum absolute atomic E-state index is 9.18. The van der Waals surface area contributed by atoms with Crippen LogP contribution in [0.5, 0.6) is 0 Å². The second kappa shape index (κ2) is 5.62. The van der Waals surface area contributed by atoms with Gasteiger partial charge in [-0.3, -0.25) is 4.68 Å². The largest absolute Gasteiger partial charge is 0.365 e. The Hall–Kier alpha value is -2.26. The Morgan fingerprint density at radius 3 is 3.10 bits per heavy atom. The van der Waals surface area contributed by atoms with Gasteiger partial charge in [0.2, 0.25) is 0 Å². The van der Waals surface area contributed by atoms with Crippen LogP contribution in [-0.4, -0.2) is 26.1 Å². The highest BCUT2D eigenvalue weighted by atomic mass is 35.5. The molecule has 0 atom stereocenters. The van der Waals surface area contributed by atoms with E-state index in [2.05, 4.69) is 28.2 Å². The van der Waals surface area contributed by atoms with Gasteiger partial charge in [-0.2, -0.15) is 20.1 Å². The van der Waals surface area contributed by atoms with Gasteiger partial charge in [0.05, 0.1) is 11.9 Å². The van der Waals surface area contributed by atoms with E-state index < -0.39 is 0 Å². The van der Waals surface area contributed by atoms with Crippen LogP contribution in [0.15, 0.2) is 18.9 Å². The molecule has 0 fully saturated rings. The van der Waals surface area contributed by atoms with Gasteiger partial charge in [-0.15, -0.1) is 6.58 Å². The maximum atomic E-state index is 9.18. The Bertz CT molecular complexity index is 721. The van der Waals surface area contributed by atoms with E-state index in [4.69, 9.17) is 11.6 Å². The lowest BCUT2D eigenvalue weighted by molar-refractivity contribution is 0.484. The molecular weight excluding hydrogens is 288 g/mol. The SMILES string of the molecule is C=CCNc1c(C#N)cnn1-c1nn2c(c1Cl)CCCC2. The summed E-state index contributed by atoms with van der Waals surface area (Å²) in [5.41, 5.74) is 1.50. The van der Waals surface area contributed by atoms with Crippen LogP contribution >= 0.6 is 11.6 Å². The van der Waals surface area contributed by atoms with Crippen molar-refractivity contribution >= 4 is 17.4 Å². The summed E-state index contributed by atoms with van der Waals surface area (Å²) in [5.74, 6) is 1.16. The summed E-state index contributed by atoms with van der Waals surface area (Å²) in [7, 11) is 0. The predicted octanol–water partition coefficient (Wildman–Crippen LogP) is 2.53. The van der Waals surface area contributed by atoms with Crippen molar-refractivity contribution in [1.82, 2.24) is 19.6 Å². The van der Waals surface area contributed by atoms with E-state index in [9.17, 15) is 5.26 Å². The van der Waals surface area contributed by atoms with Gasteiger partial charge in [-0.05, 0) is 19.3 Å². The summed E-state index contributed by atoms with van der Waals surface area (Å²) in [4.78, 5) is 0. The van der Waals surface area contributed by atoms with Crippen LogP contribution in [0.1, 0.15) is 24.1 Å². The molecule has 1 N–H and O–H groups in total. The van der Waals surface area contributed by atoms with Gasteiger partial charge in [0.15, 0.2) is 5.82 Å². The molecule has 0 saturated carbocycles. The summed E-state index contributed by atoms with van der Waals surface area (Å²) in [6.07, 6.45) is 6.38. The number of aromatic nitrogens is 4. The van der Waals surface area contributed by atoms with E-state index in [-0.39, 0.29) is 0 Å². The number of halogens is 1. The number of fused-ring (bicyclic) bond motifs is 1. The van der Waals surface area contributed by atoms with E-state index in [0.29, 0.717) is 28.8 Å². The number of nitrogens with zero attached hydrogens (tertiary/aromatic N) is 5. The zero-order valence-corrected chi connectivity index (χ0v) is 12.3. The van der Waals surface area contributed by atoms with E-state index in [1.165, 1.54) is 6.20 Å². The predicted molar refractivity (Wildman–Crippen MR) is 80.7 cm³/mol. The quantitative estimate of drug-likeness (QED) is 0.881. The third kappa shape index (κ3) is 2.30. The highest BCUT2D eigenvalue weighted by Crippen LogP contribution is 2.30. The van der Waals surface area contributed by atoms with Crippen LogP contribution in [0.2, 0.25) is 5.02 Å². The number of hydrogen-bond acceptors (Lipinski definition) is 4. The molecule has 108 valence electrons. The first kappa shape index (κ1) is 13.7. The van der Waals surface area contributed by atoms with Gasteiger partial charge in [0, 0.05) is 13.1 Å². The lowest BCUT2D eigenvalue weighted by Gasteiger charge is -2.12. The van der Waals surface area contributed by atoms with Crippen molar-refractivity contribution in [3.05, 3.63) is 35.1 Å². The van der Waals surface area contributed by atoms with Gasteiger partial charge >= 0.3 is 0 Å². The fourth-order valence-corrected chi connectivity index (χ4v) is 2.81. The minimum atomic E-state index is 0.457. The average molecular weight is 303 g/mol. The Kier molecular flexibility index (Phi) is 3.67. The molecule has 0 unspecified atom stereocenters. The number of hydrogen-bond donors (Lipinski definition) is 1. The van der Waals surface area contributed by atoms with Crippen LogP contribution in [0.25, 0.3) is 5.82 Å². The van der Waals surface area contributed by atoms with E-state index in [1.54, 1.807) is 10.8 Å². The van der Waals surface area contributed by atoms with Gasteiger partial charge in [-0.25, -0.2) is 0 Å². The lowest BCUT2D eigenvalue weighted by Crippen LogP contribution is -2.11. The summed E-state index contributed by atoms with van der Waals surface area (Å²) in [6, 6.07) is 2.12. The van der Waals surface area contributed by atoms with Crippen molar-refractivity contribution in [2.75, 3.05) is 11.9 Å². The van der Waals surface area contributed by atoms with Gasteiger partial charge in [-0.1, -0.05) is 17.7 Å². The zero-order chi connectivity index (χ0) is 14.8.